The third-order valence-corrected chi connectivity index (χ3v) is 4.92. The summed E-state index contributed by atoms with van der Waals surface area (Å²) in [5.74, 6) is 1.54. The quantitative estimate of drug-likeness (QED) is 0.875. The number of nitrogens with zero attached hydrogens (tertiary/aromatic N) is 3. The van der Waals surface area contributed by atoms with Crippen LogP contribution in [-0.4, -0.2) is 36.5 Å². The maximum atomic E-state index is 11.8. The molecule has 1 aromatic heterocycles. The third kappa shape index (κ3) is 3.43. The zero-order valence-corrected chi connectivity index (χ0v) is 15.5. The lowest BCUT2D eigenvalue weighted by atomic mass is 10.0. The van der Waals surface area contributed by atoms with E-state index in [0.717, 1.165) is 46.9 Å². The second-order valence-electron chi connectivity index (χ2n) is 6.75. The van der Waals surface area contributed by atoms with Gasteiger partial charge in [-0.1, -0.05) is 18.7 Å². The van der Waals surface area contributed by atoms with Crippen LogP contribution in [0.1, 0.15) is 25.3 Å². The standard InChI is InChI=1S/C21H23N5O/c1-3-22-21(27)25-20-14(2)17-8-6-15(12-18(17)24-20)16-7-9-19(23-13-16)26-10-4-5-11-26/h6-9,12-13H,2-5,10-11H2,1H3,(H2,22,24,25,27). The lowest BCUT2D eigenvalue weighted by Gasteiger charge is -2.16. The highest BCUT2D eigenvalue weighted by Crippen LogP contribution is 2.36. The SMILES string of the molecule is C=C1C(NC(=O)NCC)=Nc2cc(-c3ccc(N4CCCC4)nc3)ccc21. The average molecular weight is 361 g/mol. The van der Waals surface area contributed by atoms with Crippen LogP contribution in [0.2, 0.25) is 0 Å². The summed E-state index contributed by atoms with van der Waals surface area (Å²) in [4.78, 5) is 23.3. The normalized spacial score (nSPS) is 15.5. The molecule has 0 saturated carbocycles. The van der Waals surface area contributed by atoms with Gasteiger partial charge in [-0.2, -0.15) is 0 Å². The number of benzene rings is 1. The fourth-order valence-corrected chi connectivity index (χ4v) is 3.48. The van der Waals surface area contributed by atoms with Crippen molar-refractivity contribution < 1.29 is 4.79 Å². The second-order valence-corrected chi connectivity index (χ2v) is 6.75. The zero-order valence-electron chi connectivity index (χ0n) is 15.5. The molecule has 2 amide bonds. The Morgan fingerprint density at radius 1 is 1.19 bits per heavy atom. The Bertz CT molecular complexity index is 911. The number of urea groups is 1. The number of aromatic nitrogens is 1. The molecule has 1 fully saturated rings. The molecule has 2 N–H and O–H groups in total. The van der Waals surface area contributed by atoms with Gasteiger partial charge in [-0.25, -0.2) is 14.8 Å². The summed E-state index contributed by atoms with van der Waals surface area (Å²) < 4.78 is 0. The number of hydrogen-bond donors (Lipinski definition) is 2. The number of amides is 2. The first-order chi connectivity index (χ1) is 13.2. The number of anilines is 1. The fraction of sp³-hybridized carbons (Fsp3) is 0.286. The highest BCUT2D eigenvalue weighted by atomic mass is 16.2. The van der Waals surface area contributed by atoms with Crippen LogP contribution in [-0.2, 0) is 0 Å². The van der Waals surface area contributed by atoms with Gasteiger partial charge in [-0.3, -0.25) is 5.32 Å². The number of fused-ring (bicyclic) bond motifs is 1. The smallest absolute Gasteiger partial charge is 0.320 e. The molecule has 6 heteroatoms. The molecule has 138 valence electrons. The van der Waals surface area contributed by atoms with Gasteiger partial charge in [0.25, 0.3) is 0 Å². The van der Waals surface area contributed by atoms with Crippen LogP contribution in [0.5, 0.6) is 0 Å². The number of carbonyl (C=O) groups excluding carboxylic acids is 1. The lowest BCUT2D eigenvalue weighted by molar-refractivity contribution is 0.246. The Morgan fingerprint density at radius 3 is 2.67 bits per heavy atom. The Kier molecular flexibility index (Phi) is 4.62. The number of rotatable bonds is 3. The fourth-order valence-electron chi connectivity index (χ4n) is 3.48. The van der Waals surface area contributed by atoms with Crippen molar-refractivity contribution in [3.63, 3.8) is 0 Å². The van der Waals surface area contributed by atoms with Gasteiger partial charge in [0.2, 0.25) is 0 Å². The Hall–Kier alpha value is -3.15. The number of nitrogens with one attached hydrogen (secondary N) is 2. The van der Waals surface area contributed by atoms with Gasteiger partial charge in [-0.15, -0.1) is 0 Å². The second kappa shape index (κ2) is 7.23. The molecule has 0 atom stereocenters. The van der Waals surface area contributed by atoms with Crippen LogP contribution in [0, 0.1) is 0 Å². The number of amidine groups is 1. The predicted molar refractivity (Wildman–Crippen MR) is 109 cm³/mol. The largest absolute Gasteiger partial charge is 0.357 e. The van der Waals surface area contributed by atoms with E-state index in [1.807, 2.05) is 31.3 Å². The summed E-state index contributed by atoms with van der Waals surface area (Å²) in [5, 5.41) is 5.46. The molecular formula is C21H23N5O. The van der Waals surface area contributed by atoms with Crippen molar-refractivity contribution in [3.05, 3.63) is 48.7 Å². The van der Waals surface area contributed by atoms with Crippen LogP contribution < -0.4 is 15.5 Å². The first-order valence-electron chi connectivity index (χ1n) is 9.34. The molecule has 0 unspecified atom stereocenters. The zero-order chi connectivity index (χ0) is 18.8. The van der Waals surface area contributed by atoms with Gasteiger partial charge in [0.15, 0.2) is 0 Å². The van der Waals surface area contributed by atoms with Gasteiger partial charge in [0.1, 0.15) is 11.7 Å². The van der Waals surface area contributed by atoms with Gasteiger partial charge < -0.3 is 10.2 Å². The van der Waals surface area contributed by atoms with Gasteiger partial charge in [0, 0.05) is 42.5 Å². The van der Waals surface area contributed by atoms with E-state index in [4.69, 9.17) is 0 Å². The van der Waals surface area contributed by atoms with E-state index in [9.17, 15) is 4.79 Å². The summed E-state index contributed by atoms with van der Waals surface area (Å²) >= 11 is 0. The van der Waals surface area contributed by atoms with E-state index >= 15 is 0 Å². The van der Waals surface area contributed by atoms with Crippen LogP contribution in [0.25, 0.3) is 16.7 Å². The molecule has 2 aromatic rings. The van der Waals surface area contributed by atoms with E-state index in [-0.39, 0.29) is 6.03 Å². The number of pyridine rings is 1. The first-order valence-corrected chi connectivity index (χ1v) is 9.34. The van der Waals surface area contributed by atoms with Gasteiger partial charge >= 0.3 is 6.03 Å². The van der Waals surface area contributed by atoms with Crippen molar-refractivity contribution in [2.75, 3.05) is 24.5 Å². The van der Waals surface area contributed by atoms with Crippen molar-refractivity contribution in [3.8, 4) is 11.1 Å². The van der Waals surface area contributed by atoms with Crippen molar-refractivity contribution in [2.45, 2.75) is 19.8 Å². The highest BCUT2D eigenvalue weighted by Gasteiger charge is 2.21. The Labute approximate surface area is 159 Å². The molecule has 4 rings (SSSR count). The Morgan fingerprint density at radius 2 is 1.96 bits per heavy atom. The molecule has 0 aliphatic carbocycles. The lowest BCUT2D eigenvalue weighted by Crippen LogP contribution is -2.38. The molecule has 1 saturated heterocycles. The number of carbonyl (C=O) groups is 1. The molecule has 6 nitrogen and oxygen atoms in total. The van der Waals surface area contributed by atoms with E-state index in [1.54, 1.807) is 0 Å². The molecular weight excluding hydrogens is 338 g/mol. The molecule has 0 spiro atoms. The number of hydrogen-bond acceptors (Lipinski definition) is 4. The predicted octanol–water partition coefficient (Wildman–Crippen LogP) is 3.72. The molecule has 2 aliphatic heterocycles. The molecule has 27 heavy (non-hydrogen) atoms. The first kappa shape index (κ1) is 17.3. The minimum absolute atomic E-state index is 0.271. The topological polar surface area (TPSA) is 69.6 Å². The summed E-state index contributed by atoms with van der Waals surface area (Å²) in [7, 11) is 0. The molecule has 2 aliphatic rings. The molecule has 0 radical (unpaired) electrons. The Balaban J connectivity index is 1.56. The van der Waals surface area contributed by atoms with E-state index in [1.165, 1.54) is 12.8 Å². The monoisotopic (exact) mass is 361 g/mol. The molecule has 0 bridgehead atoms. The third-order valence-electron chi connectivity index (χ3n) is 4.92. The van der Waals surface area contributed by atoms with Crippen molar-refractivity contribution in [1.82, 2.24) is 15.6 Å². The minimum atomic E-state index is -0.271. The van der Waals surface area contributed by atoms with Gasteiger partial charge in [-0.05, 0) is 43.5 Å². The summed E-state index contributed by atoms with van der Waals surface area (Å²) in [6.07, 6.45) is 4.39. The summed E-state index contributed by atoms with van der Waals surface area (Å²) in [5.41, 5.74) is 4.57. The molecule has 3 heterocycles. The van der Waals surface area contributed by atoms with E-state index < -0.39 is 0 Å². The maximum Gasteiger partial charge on any atom is 0.320 e. The maximum absolute atomic E-state index is 11.8. The van der Waals surface area contributed by atoms with Crippen LogP contribution in [0.4, 0.5) is 16.3 Å². The van der Waals surface area contributed by atoms with Crippen molar-refractivity contribution in [1.29, 1.82) is 0 Å². The van der Waals surface area contributed by atoms with E-state index in [2.05, 4.69) is 44.2 Å². The van der Waals surface area contributed by atoms with Crippen molar-refractivity contribution in [2.24, 2.45) is 4.99 Å². The minimum Gasteiger partial charge on any atom is -0.357 e. The summed E-state index contributed by atoms with van der Waals surface area (Å²) in [6, 6.07) is 9.96. The summed E-state index contributed by atoms with van der Waals surface area (Å²) in [6.45, 7) is 8.66. The van der Waals surface area contributed by atoms with Crippen LogP contribution in [0.15, 0.2) is 48.1 Å². The van der Waals surface area contributed by atoms with Crippen LogP contribution in [0.3, 0.4) is 0 Å². The van der Waals surface area contributed by atoms with E-state index in [0.29, 0.717) is 12.4 Å². The van der Waals surface area contributed by atoms with Gasteiger partial charge in [0.05, 0.1) is 5.69 Å². The highest BCUT2D eigenvalue weighted by molar-refractivity contribution is 6.30. The average Bonchev–Trinajstić information content (AvgIpc) is 3.31. The van der Waals surface area contributed by atoms with Crippen LogP contribution >= 0.6 is 0 Å². The number of aliphatic imine (C=N–C) groups is 1. The molecule has 1 aromatic carbocycles. The van der Waals surface area contributed by atoms with Crippen molar-refractivity contribution >= 4 is 28.9 Å².